The Morgan fingerprint density at radius 1 is 1.42 bits per heavy atom. The van der Waals surface area contributed by atoms with Crippen LogP contribution in [0.15, 0.2) is 36.5 Å². The molecule has 0 saturated carbocycles. The summed E-state index contributed by atoms with van der Waals surface area (Å²) in [5, 5.41) is 14.5. The Kier molecular flexibility index (Phi) is 3.97. The lowest BCUT2D eigenvalue weighted by Gasteiger charge is -2.07. The third-order valence-corrected chi connectivity index (χ3v) is 3.06. The van der Waals surface area contributed by atoms with E-state index in [1.165, 1.54) is 12.3 Å². The summed E-state index contributed by atoms with van der Waals surface area (Å²) >= 11 is 6.03. The Bertz CT molecular complexity index is 617. The Labute approximate surface area is 115 Å². The molecule has 0 fully saturated rings. The number of nitro groups is 1. The van der Waals surface area contributed by atoms with E-state index in [1.54, 1.807) is 13.0 Å². The van der Waals surface area contributed by atoms with E-state index in [1.807, 2.05) is 18.2 Å². The van der Waals surface area contributed by atoms with Crippen molar-refractivity contribution in [3.63, 3.8) is 0 Å². The molecule has 0 bridgehead atoms. The van der Waals surface area contributed by atoms with Gasteiger partial charge in [-0.15, -0.1) is 0 Å². The highest BCUT2D eigenvalue weighted by Gasteiger charge is 2.12. The predicted octanol–water partition coefficient (Wildman–Crippen LogP) is 3.56. The van der Waals surface area contributed by atoms with E-state index in [-0.39, 0.29) is 5.69 Å². The minimum atomic E-state index is -0.419. The van der Waals surface area contributed by atoms with Crippen molar-refractivity contribution in [2.24, 2.45) is 0 Å². The van der Waals surface area contributed by atoms with Crippen LogP contribution in [0.4, 0.5) is 11.5 Å². The minimum Gasteiger partial charge on any atom is -0.366 e. The van der Waals surface area contributed by atoms with Crippen LogP contribution in [0.3, 0.4) is 0 Å². The second-order valence-corrected chi connectivity index (χ2v) is 4.47. The van der Waals surface area contributed by atoms with Crippen LogP contribution in [0.25, 0.3) is 0 Å². The van der Waals surface area contributed by atoms with Crippen molar-refractivity contribution in [2.75, 3.05) is 5.32 Å². The lowest BCUT2D eigenvalue weighted by atomic mass is 10.2. The number of pyridine rings is 1. The molecule has 1 aromatic heterocycles. The second-order valence-electron chi connectivity index (χ2n) is 4.06. The van der Waals surface area contributed by atoms with Gasteiger partial charge in [-0.3, -0.25) is 10.1 Å². The molecule has 0 aliphatic rings. The molecule has 19 heavy (non-hydrogen) atoms. The van der Waals surface area contributed by atoms with Gasteiger partial charge in [0.15, 0.2) is 0 Å². The molecule has 98 valence electrons. The number of anilines is 1. The number of aryl methyl sites for hydroxylation is 1. The maximum Gasteiger partial charge on any atom is 0.277 e. The molecule has 0 amide bonds. The average molecular weight is 278 g/mol. The fourth-order valence-corrected chi connectivity index (χ4v) is 1.84. The average Bonchev–Trinajstić information content (AvgIpc) is 2.39. The van der Waals surface area contributed by atoms with Crippen LogP contribution in [-0.4, -0.2) is 9.91 Å². The van der Waals surface area contributed by atoms with Gasteiger partial charge in [0, 0.05) is 23.3 Å². The van der Waals surface area contributed by atoms with Crippen molar-refractivity contribution in [1.82, 2.24) is 4.98 Å². The van der Waals surface area contributed by atoms with E-state index in [2.05, 4.69) is 10.3 Å². The fraction of sp³-hybridized carbons (Fsp3) is 0.154. The number of hydrogen-bond donors (Lipinski definition) is 1. The van der Waals surface area contributed by atoms with Gasteiger partial charge in [0.1, 0.15) is 5.82 Å². The van der Waals surface area contributed by atoms with Crippen molar-refractivity contribution in [2.45, 2.75) is 13.5 Å². The third kappa shape index (κ3) is 3.20. The molecule has 2 aromatic rings. The Balaban J connectivity index is 2.14. The van der Waals surface area contributed by atoms with Crippen molar-refractivity contribution in [1.29, 1.82) is 0 Å². The molecule has 0 unspecified atom stereocenters. The van der Waals surface area contributed by atoms with E-state index in [0.717, 1.165) is 5.56 Å². The topological polar surface area (TPSA) is 68.1 Å². The van der Waals surface area contributed by atoms with Crippen LogP contribution in [0.1, 0.15) is 11.1 Å². The Hall–Kier alpha value is -2.14. The van der Waals surface area contributed by atoms with Gasteiger partial charge in [-0.25, -0.2) is 4.98 Å². The van der Waals surface area contributed by atoms with Crippen LogP contribution in [0.5, 0.6) is 0 Å². The van der Waals surface area contributed by atoms with Crippen LogP contribution in [-0.2, 0) is 6.54 Å². The van der Waals surface area contributed by atoms with E-state index in [4.69, 9.17) is 11.6 Å². The summed E-state index contributed by atoms with van der Waals surface area (Å²) in [4.78, 5) is 14.5. The molecule has 2 rings (SSSR count). The Morgan fingerprint density at radius 3 is 2.84 bits per heavy atom. The number of rotatable bonds is 4. The number of halogens is 1. The monoisotopic (exact) mass is 277 g/mol. The molecule has 0 radical (unpaired) electrons. The van der Waals surface area contributed by atoms with Gasteiger partial charge in [-0.05, 0) is 18.6 Å². The van der Waals surface area contributed by atoms with Gasteiger partial charge < -0.3 is 5.32 Å². The van der Waals surface area contributed by atoms with Crippen LogP contribution in [0, 0.1) is 17.0 Å². The summed E-state index contributed by atoms with van der Waals surface area (Å²) in [6.07, 6.45) is 1.48. The first-order valence-electron chi connectivity index (χ1n) is 5.66. The third-order valence-electron chi connectivity index (χ3n) is 2.69. The van der Waals surface area contributed by atoms with Gasteiger partial charge in [-0.2, -0.15) is 0 Å². The predicted molar refractivity (Wildman–Crippen MR) is 74.4 cm³/mol. The zero-order valence-corrected chi connectivity index (χ0v) is 11.0. The van der Waals surface area contributed by atoms with E-state index in [0.29, 0.717) is 22.9 Å². The van der Waals surface area contributed by atoms with Gasteiger partial charge >= 0.3 is 0 Å². The lowest BCUT2D eigenvalue weighted by molar-refractivity contribution is -0.385. The van der Waals surface area contributed by atoms with Gasteiger partial charge in [0.05, 0.1) is 11.0 Å². The number of hydrogen-bond acceptors (Lipinski definition) is 4. The van der Waals surface area contributed by atoms with Gasteiger partial charge in [0.25, 0.3) is 5.69 Å². The van der Waals surface area contributed by atoms with E-state index >= 15 is 0 Å². The standard InChI is InChI=1S/C13H12ClN3O2/c1-9-7-15-13(6-12(9)17(18)19)16-8-10-4-2-3-5-11(10)14/h2-7H,8H2,1H3,(H,15,16). The quantitative estimate of drug-likeness (QED) is 0.685. The molecule has 6 heteroatoms. The maximum absolute atomic E-state index is 10.8. The minimum absolute atomic E-state index is 0.0525. The molecule has 1 heterocycles. The van der Waals surface area contributed by atoms with Crippen LogP contribution < -0.4 is 5.32 Å². The summed E-state index contributed by atoms with van der Waals surface area (Å²) in [6, 6.07) is 8.84. The normalized spacial score (nSPS) is 10.2. The van der Waals surface area contributed by atoms with Crippen molar-refractivity contribution in [3.8, 4) is 0 Å². The molecular weight excluding hydrogens is 266 g/mol. The molecule has 5 nitrogen and oxygen atoms in total. The molecule has 0 atom stereocenters. The van der Waals surface area contributed by atoms with Crippen LogP contribution in [0.2, 0.25) is 5.02 Å². The van der Waals surface area contributed by atoms with E-state index < -0.39 is 4.92 Å². The summed E-state index contributed by atoms with van der Waals surface area (Å²) in [5.41, 5.74) is 1.50. The zero-order valence-electron chi connectivity index (χ0n) is 10.3. The summed E-state index contributed by atoms with van der Waals surface area (Å²) in [7, 11) is 0. The molecule has 0 aliphatic heterocycles. The smallest absolute Gasteiger partial charge is 0.277 e. The molecule has 0 saturated heterocycles. The highest BCUT2D eigenvalue weighted by Crippen LogP contribution is 2.21. The van der Waals surface area contributed by atoms with Crippen molar-refractivity contribution < 1.29 is 4.92 Å². The first kappa shape index (κ1) is 13.3. The van der Waals surface area contributed by atoms with Gasteiger partial charge in [0.2, 0.25) is 0 Å². The second kappa shape index (κ2) is 5.67. The number of benzene rings is 1. The van der Waals surface area contributed by atoms with Crippen LogP contribution >= 0.6 is 11.6 Å². The first-order chi connectivity index (χ1) is 9.08. The fourth-order valence-electron chi connectivity index (χ4n) is 1.63. The molecular formula is C13H12ClN3O2. The zero-order chi connectivity index (χ0) is 13.8. The number of nitrogens with zero attached hydrogens (tertiary/aromatic N) is 2. The van der Waals surface area contributed by atoms with E-state index in [9.17, 15) is 10.1 Å². The Morgan fingerprint density at radius 2 is 2.16 bits per heavy atom. The SMILES string of the molecule is Cc1cnc(NCc2ccccc2Cl)cc1[N+](=O)[O-]. The largest absolute Gasteiger partial charge is 0.366 e. The lowest BCUT2D eigenvalue weighted by Crippen LogP contribution is -2.03. The summed E-state index contributed by atoms with van der Waals surface area (Å²) < 4.78 is 0. The number of aromatic nitrogens is 1. The van der Waals surface area contributed by atoms with Crippen molar-refractivity contribution >= 4 is 23.1 Å². The highest BCUT2D eigenvalue weighted by molar-refractivity contribution is 6.31. The van der Waals surface area contributed by atoms with Crippen molar-refractivity contribution in [3.05, 3.63) is 62.8 Å². The summed E-state index contributed by atoms with van der Waals surface area (Å²) in [5.74, 6) is 0.456. The number of nitrogens with one attached hydrogen (secondary N) is 1. The maximum atomic E-state index is 10.8. The van der Waals surface area contributed by atoms with Gasteiger partial charge in [-0.1, -0.05) is 29.8 Å². The molecule has 1 N–H and O–H groups in total. The molecule has 0 aliphatic carbocycles. The molecule has 1 aromatic carbocycles. The summed E-state index contributed by atoms with van der Waals surface area (Å²) in [6.45, 7) is 2.12. The first-order valence-corrected chi connectivity index (χ1v) is 6.04. The molecule has 0 spiro atoms. The highest BCUT2D eigenvalue weighted by atomic mass is 35.5.